The molecule has 1 aliphatic rings. The van der Waals surface area contributed by atoms with Crippen molar-refractivity contribution in [3.8, 4) is 0 Å². The van der Waals surface area contributed by atoms with E-state index in [0.717, 1.165) is 5.56 Å². The molecule has 0 saturated carbocycles. The van der Waals surface area contributed by atoms with Crippen LogP contribution >= 0.6 is 0 Å². The van der Waals surface area contributed by atoms with E-state index < -0.39 is 0 Å². The number of amides is 1. The van der Waals surface area contributed by atoms with Crippen LogP contribution in [0.1, 0.15) is 18.1 Å². The Morgan fingerprint density at radius 1 is 1.47 bits per heavy atom. The van der Waals surface area contributed by atoms with E-state index in [1.165, 1.54) is 5.56 Å². The molecule has 4 heteroatoms. The van der Waals surface area contributed by atoms with E-state index in [2.05, 4.69) is 13.0 Å². The van der Waals surface area contributed by atoms with Crippen molar-refractivity contribution in [1.29, 1.82) is 0 Å². The summed E-state index contributed by atoms with van der Waals surface area (Å²) in [6.07, 6.45) is -0.257. The van der Waals surface area contributed by atoms with E-state index in [-0.39, 0.29) is 11.5 Å². The van der Waals surface area contributed by atoms with Crippen molar-refractivity contribution in [2.75, 3.05) is 20.2 Å². The van der Waals surface area contributed by atoms with Crippen LogP contribution in [0.25, 0.3) is 0 Å². The Hall–Kier alpha value is -1.55. The number of hydrogen-bond donors (Lipinski definition) is 1. The molecule has 0 bridgehead atoms. The minimum absolute atomic E-state index is 0.182. The van der Waals surface area contributed by atoms with Crippen LogP contribution in [0, 0.1) is 0 Å². The molecule has 1 aromatic rings. The van der Waals surface area contributed by atoms with Crippen LogP contribution < -0.4 is 5.73 Å². The monoisotopic (exact) mass is 234 g/mol. The summed E-state index contributed by atoms with van der Waals surface area (Å²) in [5, 5.41) is 0. The lowest BCUT2D eigenvalue weighted by Crippen LogP contribution is -2.49. The van der Waals surface area contributed by atoms with E-state index >= 15 is 0 Å². The second-order valence-corrected chi connectivity index (χ2v) is 4.83. The fourth-order valence-corrected chi connectivity index (χ4v) is 2.41. The van der Waals surface area contributed by atoms with Gasteiger partial charge in [0.1, 0.15) is 6.61 Å². The van der Waals surface area contributed by atoms with Crippen molar-refractivity contribution >= 4 is 6.09 Å². The zero-order valence-corrected chi connectivity index (χ0v) is 10.3. The highest BCUT2D eigenvalue weighted by Crippen LogP contribution is 2.31. The van der Waals surface area contributed by atoms with Crippen LogP contribution in [0.5, 0.6) is 0 Å². The highest BCUT2D eigenvalue weighted by molar-refractivity contribution is 5.68. The Balaban J connectivity index is 2.35. The van der Waals surface area contributed by atoms with E-state index in [1.807, 2.05) is 18.2 Å². The fraction of sp³-hybridized carbons (Fsp3) is 0.462. The molecule has 1 heterocycles. The van der Waals surface area contributed by atoms with Crippen LogP contribution in [0.3, 0.4) is 0 Å². The fourth-order valence-electron chi connectivity index (χ4n) is 2.41. The zero-order valence-electron chi connectivity index (χ0n) is 10.3. The molecule has 92 valence electrons. The first kappa shape index (κ1) is 11.9. The lowest BCUT2D eigenvalue weighted by molar-refractivity contribution is 0.0427. The van der Waals surface area contributed by atoms with Crippen molar-refractivity contribution in [1.82, 2.24) is 4.90 Å². The molecule has 1 aliphatic heterocycles. The van der Waals surface area contributed by atoms with Gasteiger partial charge in [0.15, 0.2) is 0 Å². The zero-order chi connectivity index (χ0) is 12.5. The number of benzene rings is 1. The number of likely N-dealkylation sites (N-methyl/N-ethyl adjacent to an activating group) is 1. The van der Waals surface area contributed by atoms with Gasteiger partial charge in [0.05, 0.1) is 0 Å². The van der Waals surface area contributed by atoms with Crippen molar-refractivity contribution in [3.05, 3.63) is 35.4 Å². The number of nitrogens with zero attached hydrogens (tertiary/aromatic N) is 1. The van der Waals surface area contributed by atoms with Crippen molar-refractivity contribution in [2.24, 2.45) is 5.73 Å². The highest BCUT2D eigenvalue weighted by atomic mass is 16.6. The first-order valence-corrected chi connectivity index (χ1v) is 5.73. The number of hydrogen-bond acceptors (Lipinski definition) is 3. The molecule has 17 heavy (non-hydrogen) atoms. The maximum atomic E-state index is 11.3. The van der Waals surface area contributed by atoms with Gasteiger partial charge < -0.3 is 15.4 Å². The first-order chi connectivity index (χ1) is 8.07. The standard InChI is InChI=1S/C13H18N2O2/c1-13(8-15(2)12(16)17-9-13)11-6-4-3-5-10(11)7-14/h3-6H,7-9,14H2,1-2H3. The molecular formula is C13H18N2O2. The molecular weight excluding hydrogens is 216 g/mol. The summed E-state index contributed by atoms with van der Waals surface area (Å²) in [5.74, 6) is 0. The Bertz CT molecular complexity index is 433. The largest absolute Gasteiger partial charge is 0.448 e. The molecule has 1 aromatic carbocycles. The van der Waals surface area contributed by atoms with E-state index in [0.29, 0.717) is 19.7 Å². The second kappa shape index (κ2) is 4.37. The number of rotatable bonds is 2. The summed E-state index contributed by atoms with van der Waals surface area (Å²) in [4.78, 5) is 13.0. The Labute approximate surface area is 101 Å². The van der Waals surface area contributed by atoms with Crippen LogP contribution in [-0.2, 0) is 16.7 Å². The smallest absolute Gasteiger partial charge is 0.409 e. The molecule has 1 amide bonds. The van der Waals surface area contributed by atoms with Gasteiger partial charge in [0.25, 0.3) is 0 Å². The summed E-state index contributed by atoms with van der Waals surface area (Å²) >= 11 is 0. The summed E-state index contributed by atoms with van der Waals surface area (Å²) in [6, 6.07) is 8.07. The van der Waals surface area contributed by atoms with Gasteiger partial charge in [-0.05, 0) is 11.1 Å². The summed E-state index contributed by atoms with van der Waals surface area (Å²) in [6.45, 7) is 3.67. The molecule has 1 atom stereocenters. The van der Waals surface area contributed by atoms with Crippen LogP contribution in [0.15, 0.2) is 24.3 Å². The molecule has 4 nitrogen and oxygen atoms in total. The van der Waals surface area contributed by atoms with Gasteiger partial charge in [0, 0.05) is 25.6 Å². The Morgan fingerprint density at radius 2 is 2.18 bits per heavy atom. The number of carbonyl (C=O) groups excluding carboxylic acids is 1. The third kappa shape index (κ3) is 2.13. The predicted octanol–water partition coefficient (Wildman–Crippen LogP) is 1.49. The minimum atomic E-state index is -0.257. The molecule has 2 N–H and O–H groups in total. The number of carbonyl (C=O) groups is 1. The van der Waals surface area contributed by atoms with Crippen molar-refractivity contribution < 1.29 is 9.53 Å². The quantitative estimate of drug-likeness (QED) is 0.843. The third-order valence-corrected chi connectivity index (χ3v) is 3.30. The normalized spacial score (nSPS) is 24.6. The summed E-state index contributed by atoms with van der Waals surface area (Å²) in [7, 11) is 1.75. The van der Waals surface area contributed by atoms with Gasteiger partial charge in [-0.3, -0.25) is 0 Å². The lowest BCUT2D eigenvalue weighted by Gasteiger charge is -2.39. The molecule has 0 spiro atoms. The maximum Gasteiger partial charge on any atom is 0.409 e. The van der Waals surface area contributed by atoms with Crippen LogP contribution in [0.4, 0.5) is 4.79 Å². The number of cyclic esters (lactones) is 1. The molecule has 1 fully saturated rings. The molecule has 1 saturated heterocycles. The van der Waals surface area contributed by atoms with Gasteiger partial charge in [-0.25, -0.2) is 4.79 Å². The molecule has 0 aliphatic carbocycles. The maximum absolute atomic E-state index is 11.3. The summed E-state index contributed by atoms with van der Waals surface area (Å²) in [5.41, 5.74) is 7.86. The average Bonchev–Trinajstić information content (AvgIpc) is 2.34. The van der Waals surface area contributed by atoms with Crippen LogP contribution in [0.2, 0.25) is 0 Å². The van der Waals surface area contributed by atoms with Gasteiger partial charge >= 0.3 is 6.09 Å². The Kier molecular flexibility index (Phi) is 3.07. The molecule has 1 unspecified atom stereocenters. The van der Waals surface area contributed by atoms with E-state index in [1.54, 1.807) is 11.9 Å². The number of nitrogens with two attached hydrogens (primary N) is 1. The van der Waals surface area contributed by atoms with Gasteiger partial charge in [-0.2, -0.15) is 0 Å². The van der Waals surface area contributed by atoms with Gasteiger partial charge in [-0.1, -0.05) is 31.2 Å². The SMILES string of the molecule is CN1CC(C)(c2ccccc2CN)COC1=O. The minimum Gasteiger partial charge on any atom is -0.448 e. The molecule has 2 rings (SSSR count). The first-order valence-electron chi connectivity index (χ1n) is 5.73. The van der Waals surface area contributed by atoms with E-state index in [9.17, 15) is 4.79 Å². The highest BCUT2D eigenvalue weighted by Gasteiger charge is 2.37. The van der Waals surface area contributed by atoms with E-state index in [4.69, 9.17) is 10.5 Å². The topological polar surface area (TPSA) is 55.6 Å². The third-order valence-electron chi connectivity index (χ3n) is 3.30. The predicted molar refractivity (Wildman–Crippen MR) is 65.7 cm³/mol. The van der Waals surface area contributed by atoms with Gasteiger partial charge in [0.2, 0.25) is 0 Å². The Morgan fingerprint density at radius 3 is 2.82 bits per heavy atom. The average molecular weight is 234 g/mol. The molecule has 0 aromatic heterocycles. The summed E-state index contributed by atoms with van der Waals surface area (Å²) < 4.78 is 5.21. The molecule has 0 radical (unpaired) electrons. The lowest BCUT2D eigenvalue weighted by atomic mass is 9.79. The second-order valence-electron chi connectivity index (χ2n) is 4.83. The van der Waals surface area contributed by atoms with Gasteiger partial charge in [-0.15, -0.1) is 0 Å². The number of ether oxygens (including phenoxy) is 1. The van der Waals surface area contributed by atoms with Crippen LogP contribution in [-0.4, -0.2) is 31.2 Å². The van der Waals surface area contributed by atoms with Crippen molar-refractivity contribution in [3.63, 3.8) is 0 Å². The van der Waals surface area contributed by atoms with Crippen molar-refractivity contribution in [2.45, 2.75) is 18.9 Å².